The highest BCUT2D eigenvalue weighted by Crippen LogP contribution is 2.22. The summed E-state index contributed by atoms with van der Waals surface area (Å²) in [5.74, 6) is 0.114. The highest BCUT2D eigenvalue weighted by atomic mass is 16.2. The lowest BCUT2D eigenvalue weighted by Crippen LogP contribution is -2.48. The molecule has 138 valence electrons. The van der Waals surface area contributed by atoms with Gasteiger partial charge in [-0.3, -0.25) is 9.69 Å². The summed E-state index contributed by atoms with van der Waals surface area (Å²) in [5, 5.41) is 1.13. The van der Waals surface area contributed by atoms with E-state index in [2.05, 4.69) is 52.4 Å². The van der Waals surface area contributed by atoms with Crippen molar-refractivity contribution in [3.63, 3.8) is 0 Å². The average molecular weight is 359 g/mol. The number of amides is 1. The van der Waals surface area contributed by atoms with Gasteiger partial charge in [0.1, 0.15) is 5.69 Å². The van der Waals surface area contributed by atoms with E-state index >= 15 is 0 Å². The Balaban J connectivity index is 1.35. The number of aromatic nitrogens is 1. The van der Waals surface area contributed by atoms with Gasteiger partial charge in [0.2, 0.25) is 0 Å². The van der Waals surface area contributed by atoms with Crippen LogP contribution in [0.15, 0.2) is 60.7 Å². The molecule has 27 heavy (non-hydrogen) atoms. The van der Waals surface area contributed by atoms with Gasteiger partial charge in [-0.1, -0.05) is 60.7 Å². The Morgan fingerprint density at radius 3 is 2.44 bits per heavy atom. The molecule has 0 bridgehead atoms. The number of nitrogens with one attached hydrogen (secondary N) is 1. The van der Waals surface area contributed by atoms with E-state index in [-0.39, 0.29) is 5.91 Å². The van der Waals surface area contributed by atoms with E-state index in [0.29, 0.717) is 0 Å². The van der Waals surface area contributed by atoms with Crippen molar-refractivity contribution in [2.45, 2.75) is 6.92 Å². The third-order valence-corrected chi connectivity index (χ3v) is 5.31. The zero-order chi connectivity index (χ0) is 18.6. The Morgan fingerprint density at radius 2 is 1.70 bits per heavy atom. The van der Waals surface area contributed by atoms with Crippen LogP contribution >= 0.6 is 0 Å². The van der Waals surface area contributed by atoms with Gasteiger partial charge in [0.25, 0.3) is 5.91 Å². The van der Waals surface area contributed by atoms with Gasteiger partial charge in [-0.25, -0.2) is 0 Å². The smallest absolute Gasteiger partial charge is 0.270 e. The van der Waals surface area contributed by atoms with Crippen LogP contribution in [0.2, 0.25) is 0 Å². The number of aryl methyl sites for hydroxylation is 1. The van der Waals surface area contributed by atoms with Gasteiger partial charge in [-0.2, -0.15) is 0 Å². The molecular formula is C23H25N3O. The van der Waals surface area contributed by atoms with Crippen LogP contribution < -0.4 is 0 Å². The van der Waals surface area contributed by atoms with Crippen molar-refractivity contribution in [2.24, 2.45) is 0 Å². The van der Waals surface area contributed by atoms with Crippen molar-refractivity contribution >= 4 is 22.9 Å². The first-order chi connectivity index (χ1) is 13.2. The van der Waals surface area contributed by atoms with Crippen molar-refractivity contribution in [1.82, 2.24) is 14.8 Å². The van der Waals surface area contributed by atoms with Crippen molar-refractivity contribution in [3.05, 3.63) is 77.5 Å². The van der Waals surface area contributed by atoms with Gasteiger partial charge in [-0.05, 0) is 24.1 Å². The summed E-state index contributed by atoms with van der Waals surface area (Å²) < 4.78 is 0. The fraction of sp³-hybridized carbons (Fsp3) is 0.261. The summed E-state index contributed by atoms with van der Waals surface area (Å²) in [6.07, 6.45) is 4.36. The fourth-order valence-electron chi connectivity index (χ4n) is 3.69. The van der Waals surface area contributed by atoms with Crippen LogP contribution in [0, 0.1) is 6.92 Å². The molecule has 2 aromatic carbocycles. The van der Waals surface area contributed by atoms with E-state index in [1.165, 1.54) is 5.56 Å². The monoisotopic (exact) mass is 359 g/mol. The number of H-pyrrole nitrogens is 1. The highest BCUT2D eigenvalue weighted by Gasteiger charge is 2.24. The number of aromatic amines is 1. The van der Waals surface area contributed by atoms with E-state index in [4.69, 9.17) is 0 Å². The van der Waals surface area contributed by atoms with E-state index < -0.39 is 0 Å². The number of carbonyl (C=O) groups excluding carboxylic acids is 1. The maximum atomic E-state index is 13.0. The van der Waals surface area contributed by atoms with Crippen molar-refractivity contribution in [3.8, 4) is 0 Å². The highest BCUT2D eigenvalue weighted by molar-refractivity contribution is 6.00. The normalized spacial score (nSPS) is 15.7. The number of hydrogen-bond donors (Lipinski definition) is 1. The van der Waals surface area contributed by atoms with Gasteiger partial charge in [0, 0.05) is 43.6 Å². The minimum absolute atomic E-state index is 0.114. The van der Waals surface area contributed by atoms with E-state index in [1.807, 2.05) is 36.1 Å². The Hall–Kier alpha value is -2.85. The average Bonchev–Trinajstić information content (AvgIpc) is 3.06. The molecule has 4 heteroatoms. The van der Waals surface area contributed by atoms with Crippen molar-refractivity contribution in [1.29, 1.82) is 0 Å². The molecule has 1 aliphatic heterocycles. The number of carbonyl (C=O) groups is 1. The van der Waals surface area contributed by atoms with E-state index in [0.717, 1.165) is 54.9 Å². The number of fused-ring (bicyclic) bond motifs is 1. The van der Waals surface area contributed by atoms with Crippen LogP contribution in [0.5, 0.6) is 0 Å². The molecule has 0 unspecified atom stereocenters. The summed E-state index contributed by atoms with van der Waals surface area (Å²) in [4.78, 5) is 20.6. The summed E-state index contributed by atoms with van der Waals surface area (Å²) in [7, 11) is 0. The van der Waals surface area contributed by atoms with Crippen LogP contribution in [0.3, 0.4) is 0 Å². The van der Waals surface area contributed by atoms with E-state index in [9.17, 15) is 4.79 Å². The summed E-state index contributed by atoms with van der Waals surface area (Å²) in [5.41, 5.74) is 4.03. The molecule has 0 atom stereocenters. The third kappa shape index (κ3) is 3.81. The van der Waals surface area contributed by atoms with Gasteiger partial charge in [0.05, 0.1) is 0 Å². The molecule has 0 radical (unpaired) electrons. The Labute approximate surface area is 160 Å². The van der Waals surface area contributed by atoms with Crippen molar-refractivity contribution < 1.29 is 4.79 Å². The minimum atomic E-state index is 0.114. The summed E-state index contributed by atoms with van der Waals surface area (Å²) in [6, 6.07) is 18.4. The zero-order valence-electron chi connectivity index (χ0n) is 15.7. The maximum Gasteiger partial charge on any atom is 0.270 e. The molecule has 1 amide bonds. The van der Waals surface area contributed by atoms with Crippen LogP contribution in [-0.4, -0.2) is 53.4 Å². The van der Waals surface area contributed by atoms with Crippen LogP contribution in [0.1, 0.15) is 21.6 Å². The number of piperazine rings is 1. The van der Waals surface area contributed by atoms with Crippen LogP contribution in [-0.2, 0) is 0 Å². The molecule has 0 spiro atoms. The number of nitrogens with zero attached hydrogens (tertiary/aromatic N) is 2. The second-order valence-corrected chi connectivity index (χ2v) is 7.08. The SMILES string of the molecule is Cc1c(C(=O)N2CCN(C/C=C/c3ccccc3)CC2)[nH]c2ccccc12. The number of para-hydroxylation sites is 1. The van der Waals surface area contributed by atoms with Gasteiger partial charge in [-0.15, -0.1) is 0 Å². The molecule has 0 aliphatic carbocycles. The number of rotatable bonds is 4. The lowest BCUT2D eigenvalue weighted by molar-refractivity contribution is 0.0644. The topological polar surface area (TPSA) is 39.3 Å². The lowest BCUT2D eigenvalue weighted by atomic mass is 10.1. The molecule has 1 aliphatic rings. The minimum Gasteiger partial charge on any atom is -0.350 e. The summed E-state index contributed by atoms with van der Waals surface area (Å²) >= 11 is 0. The molecule has 0 saturated carbocycles. The predicted molar refractivity (Wildman–Crippen MR) is 111 cm³/mol. The predicted octanol–water partition coefficient (Wildman–Crippen LogP) is 3.95. The second kappa shape index (κ2) is 7.80. The molecule has 1 aromatic heterocycles. The molecule has 4 nitrogen and oxygen atoms in total. The Morgan fingerprint density at radius 1 is 1.00 bits per heavy atom. The summed E-state index contributed by atoms with van der Waals surface area (Å²) in [6.45, 7) is 6.30. The standard InChI is InChI=1S/C23H25N3O/c1-18-20-11-5-6-12-21(20)24-22(18)23(27)26-16-14-25(15-17-26)13-7-10-19-8-3-2-4-9-19/h2-12,24H,13-17H2,1H3/b10-7+. The Bertz CT molecular complexity index is 950. The zero-order valence-corrected chi connectivity index (χ0v) is 15.7. The van der Waals surface area contributed by atoms with Gasteiger partial charge >= 0.3 is 0 Å². The largest absolute Gasteiger partial charge is 0.350 e. The Kier molecular flexibility index (Phi) is 5.07. The maximum absolute atomic E-state index is 13.0. The quantitative estimate of drug-likeness (QED) is 0.766. The molecule has 2 heterocycles. The van der Waals surface area contributed by atoms with Gasteiger partial charge < -0.3 is 9.88 Å². The van der Waals surface area contributed by atoms with Crippen LogP contribution in [0.4, 0.5) is 0 Å². The van der Waals surface area contributed by atoms with E-state index in [1.54, 1.807) is 0 Å². The molecule has 1 N–H and O–H groups in total. The third-order valence-electron chi connectivity index (χ3n) is 5.31. The first-order valence-corrected chi connectivity index (χ1v) is 9.53. The first kappa shape index (κ1) is 17.6. The van der Waals surface area contributed by atoms with Crippen LogP contribution in [0.25, 0.3) is 17.0 Å². The lowest BCUT2D eigenvalue weighted by Gasteiger charge is -2.34. The first-order valence-electron chi connectivity index (χ1n) is 9.53. The molecule has 1 saturated heterocycles. The molecular weight excluding hydrogens is 334 g/mol. The van der Waals surface area contributed by atoms with Crippen molar-refractivity contribution in [2.75, 3.05) is 32.7 Å². The molecule has 4 rings (SSSR count). The molecule has 3 aromatic rings. The number of hydrogen-bond acceptors (Lipinski definition) is 2. The number of benzene rings is 2. The fourth-order valence-corrected chi connectivity index (χ4v) is 3.69. The van der Waals surface area contributed by atoms with Gasteiger partial charge in [0.15, 0.2) is 0 Å². The molecule has 1 fully saturated rings. The second-order valence-electron chi connectivity index (χ2n) is 7.08.